The van der Waals surface area contributed by atoms with E-state index in [1.165, 1.54) is 0 Å². The smallest absolute Gasteiger partial charge is 0.314 e. The van der Waals surface area contributed by atoms with Gasteiger partial charge in [0.05, 0.1) is 11.6 Å². The zero-order valence-corrected chi connectivity index (χ0v) is 12.2. The summed E-state index contributed by atoms with van der Waals surface area (Å²) in [5.74, 6) is -0.732. The molecule has 1 N–H and O–H groups in total. The van der Waals surface area contributed by atoms with Crippen LogP contribution in [0.2, 0.25) is 0 Å². The van der Waals surface area contributed by atoms with Crippen molar-refractivity contribution in [3.8, 4) is 11.1 Å². The standard InChI is InChI=1S/C17H15N3O2/c1-11-6-12(8-14(7-11)17(3-4-17)16(21)22)13-9-18-15-2-5-19-20(15)10-13/h2,5-10H,3-4H2,1H3,(H,21,22). The summed E-state index contributed by atoms with van der Waals surface area (Å²) in [6, 6.07) is 7.84. The molecule has 2 heterocycles. The molecule has 110 valence electrons. The van der Waals surface area contributed by atoms with E-state index in [4.69, 9.17) is 0 Å². The number of fused-ring (bicyclic) bond motifs is 1. The Kier molecular flexibility index (Phi) is 2.60. The van der Waals surface area contributed by atoms with Crippen LogP contribution in [0.25, 0.3) is 16.8 Å². The average molecular weight is 293 g/mol. The van der Waals surface area contributed by atoms with Gasteiger partial charge in [0.1, 0.15) is 0 Å². The van der Waals surface area contributed by atoms with Gasteiger partial charge in [0, 0.05) is 24.0 Å². The number of benzene rings is 1. The second-order valence-corrected chi connectivity index (χ2v) is 5.95. The van der Waals surface area contributed by atoms with E-state index >= 15 is 0 Å². The van der Waals surface area contributed by atoms with Crippen LogP contribution in [0.4, 0.5) is 0 Å². The third-order valence-corrected chi connectivity index (χ3v) is 4.37. The maximum Gasteiger partial charge on any atom is 0.314 e. The lowest BCUT2D eigenvalue weighted by atomic mass is 9.91. The van der Waals surface area contributed by atoms with Crippen molar-refractivity contribution in [3.63, 3.8) is 0 Å². The summed E-state index contributed by atoms with van der Waals surface area (Å²) in [7, 11) is 0. The van der Waals surface area contributed by atoms with Crippen LogP contribution in [0.15, 0.2) is 42.9 Å². The Labute approximate surface area is 127 Å². The first-order valence-electron chi connectivity index (χ1n) is 7.24. The molecule has 2 aromatic heterocycles. The lowest BCUT2D eigenvalue weighted by molar-refractivity contribution is -0.140. The Morgan fingerprint density at radius 3 is 2.82 bits per heavy atom. The molecule has 5 nitrogen and oxygen atoms in total. The molecular formula is C17H15N3O2. The fourth-order valence-corrected chi connectivity index (χ4v) is 2.94. The van der Waals surface area contributed by atoms with Gasteiger partial charge in [0.25, 0.3) is 0 Å². The molecule has 3 aromatic rings. The molecule has 0 saturated heterocycles. The minimum Gasteiger partial charge on any atom is -0.481 e. The number of carbonyl (C=O) groups is 1. The van der Waals surface area contributed by atoms with Crippen LogP contribution < -0.4 is 0 Å². The number of nitrogens with zero attached hydrogens (tertiary/aromatic N) is 3. The van der Waals surface area contributed by atoms with E-state index < -0.39 is 11.4 Å². The summed E-state index contributed by atoms with van der Waals surface area (Å²) in [5, 5.41) is 13.7. The predicted octanol–water partition coefficient (Wildman–Crippen LogP) is 2.82. The molecule has 0 amide bonds. The van der Waals surface area contributed by atoms with E-state index in [2.05, 4.69) is 10.1 Å². The van der Waals surface area contributed by atoms with Crippen LogP contribution in [0.1, 0.15) is 24.0 Å². The van der Waals surface area contributed by atoms with Gasteiger partial charge in [-0.15, -0.1) is 0 Å². The van der Waals surface area contributed by atoms with Gasteiger partial charge in [-0.3, -0.25) is 4.79 Å². The van der Waals surface area contributed by atoms with E-state index in [-0.39, 0.29) is 0 Å². The third-order valence-electron chi connectivity index (χ3n) is 4.37. The second kappa shape index (κ2) is 4.40. The highest BCUT2D eigenvalue weighted by molar-refractivity contribution is 5.85. The van der Waals surface area contributed by atoms with E-state index in [9.17, 15) is 9.90 Å². The van der Waals surface area contributed by atoms with E-state index in [1.807, 2.05) is 37.4 Å². The Balaban J connectivity index is 1.85. The molecule has 0 bridgehead atoms. The fraction of sp³-hybridized carbons (Fsp3) is 0.235. The topological polar surface area (TPSA) is 67.5 Å². The minimum atomic E-state index is -0.732. The highest BCUT2D eigenvalue weighted by Crippen LogP contribution is 2.49. The minimum absolute atomic E-state index is 0.690. The summed E-state index contributed by atoms with van der Waals surface area (Å²) < 4.78 is 1.72. The predicted molar refractivity (Wildman–Crippen MR) is 81.7 cm³/mol. The summed E-state index contributed by atoms with van der Waals surface area (Å²) in [6.45, 7) is 1.99. The highest BCUT2D eigenvalue weighted by Gasteiger charge is 2.51. The Morgan fingerprint density at radius 1 is 1.27 bits per heavy atom. The van der Waals surface area contributed by atoms with Crippen molar-refractivity contribution in [1.82, 2.24) is 14.6 Å². The van der Waals surface area contributed by atoms with Crippen molar-refractivity contribution in [1.29, 1.82) is 0 Å². The molecule has 0 unspecified atom stereocenters. The molecule has 0 radical (unpaired) electrons. The van der Waals surface area contributed by atoms with Crippen LogP contribution in [0, 0.1) is 6.92 Å². The van der Waals surface area contributed by atoms with Crippen molar-refractivity contribution >= 4 is 11.6 Å². The molecule has 0 spiro atoms. The van der Waals surface area contributed by atoms with Gasteiger partial charge < -0.3 is 5.11 Å². The monoisotopic (exact) mass is 293 g/mol. The molecule has 0 atom stereocenters. The zero-order valence-electron chi connectivity index (χ0n) is 12.2. The first-order valence-corrected chi connectivity index (χ1v) is 7.24. The van der Waals surface area contributed by atoms with E-state index in [0.29, 0.717) is 12.8 Å². The molecule has 1 aromatic carbocycles. The second-order valence-electron chi connectivity index (χ2n) is 5.95. The Morgan fingerprint density at radius 2 is 2.09 bits per heavy atom. The van der Waals surface area contributed by atoms with E-state index in [1.54, 1.807) is 16.9 Å². The van der Waals surface area contributed by atoms with Crippen LogP contribution in [0.3, 0.4) is 0 Å². The van der Waals surface area contributed by atoms with Gasteiger partial charge in [-0.1, -0.05) is 17.7 Å². The third kappa shape index (κ3) is 1.89. The van der Waals surface area contributed by atoms with Gasteiger partial charge in [0.15, 0.2) is 5.65 Å². The molecule has 22 heavy (non-hydrogen) atoms. The first-order chi connectivity index (χ1) is 10.6. The van der Waals surface area contributed by atoms with Gasteiger partial charge in [-0.2, -0.15) is 5.10 Å². The van der Waals surface area contributed by atoms with Gasteiger partial charge in [0.2, 0.25) is 0 Å². The normalized spacial score (nSPS) is 15.9. The van der Waals surface area contributed by atoms with Crippen LogP contribution >= 0.6 is 0 Å². The highest BCUT2D eigenvalue weighted by atomic mass is 16.4. The maximum atomic E-state index is 11.6. The van der Waals surface area contributed by atoms with Gasteiger partial charge in [-0.05, 0) is 37.0 Å². The van der Waals surface area contributed by atoms with Crippen molar-refractivity contribution in [2.45, 2.75) is 25.2 Å². The fourth-order valence-electron chi connectivity index (χ4n) is 2.94. The molecule has 1 saturated carbocycles. The van der Waals surface area contributed by atoms with Crippen molar-refractivity contribution in [2.24, 2.45) is 0 Å². The number of aromatic nitrogens is 3. The first kappa shape index (κ1) is 13.0. The number of rotatable bonds is 3. The SMILES string of the molecule is Cc1cc(-c2cnc3ccnn3c2)cc(C2(C(=O)O)CC2)c1. The molecule has 0 aliphatic heterocycles. The summed E-state index contributed by atoms with van der Waals surface area (Å²) in [5.41, 5.74) is 3.95. The van der Waals surface area contributed by atoms with Crippen molar-refractivity contribution in [3.05, 3.63) is 54.0 Å². The molecule has 5 heteroatoms. The number of aliphatic carboxylic acids is 1. The van der Waals surface area contributed by atoms with Crippen LogP contribution in [-0.2, 0) is 10.2 Å². The van der Waals surface area contributed by atoms with Gasteiger partial charge >= 0.3 is 5.97 Å². The summed E-state index contributed by atoms with van der Waals surface area (Å²) >= 11 is 0. The molecule has 1 aliphatic carbocycles. The Hall–Kier alpha value is -2.69. The maximum absolute atomic E-state index is 11.6. The van der Waals surface area contributed by atoms with E-state index in [0.717, 1.165) is 27.9 Å². The number of carboxylic acid groups (broad SMARTS) is 1. The van der Waals surface area contributed by atoms with Crippen LogP contribution in [-0.4, -0.2) is 25.7 Å². The Bertz CT molecular complexity index is 894. The number of carboxylic acids is 1. The van der Waals surface area contributed by atoms with Gasteiger partial charge in [-0.25, -0.2) is 9.50 Å². The molecule has 1 fully saturated rings. The lowest BCUT2D eigenvalue weighted by Gasteiger charge is -2.13. The number of hydrogen-bond donors (Lipinski definition) is 1. The quantitative estimate of drug-likeness (QED) is 0.806. The zero-order chi connectivity index (χ0) is 15.3. The summed E-state index contributed by atoms with van der Waals surface area (Å²) in [6.07, 6.45) is 6.85. The largest absolute Gasteiger partial charge is 0.481 e. The lowest BCUT2D eigenvalue weighted by Crippen LogP contribution is -2.19. The molecular weight excluding hydrogens is 278 g/mol. The number of hydrogen-bond acceptors (Lipinski definition) is 3. The average Bonchev–Trinajstić information content (AvgIpc) is 3.19. The number of aryl methyl sites for hydroxylation is 1. The molecule has 1 aliphatic rings. The van der Waals surface area contributed by atoms with Crippen LogP contribution in [0.5, 0.6) is 0 Å². The summed E-state index contributed by atoms with van der Waals surface area (Å²) in [4.78, 5) is 15.9. The van der Waals surface area contributed by atoms with Crippen molar-refractivity contribution in [2.75, 3.05) is 0 Å². The molecule has 4 rings (SSSR count). The van der Waals surface area contributed by atoms with Crippen molar-refractivity contribution < 1.29 is 9.90 Å².